The second kappa shape index (κ2) is 4.59. The number of carbonyl (C=O) groups is 1. The van der Waals surface area contributed by atoms with Crippen molar-refractivity contribution in [2.75, 3.05) is 11.1 Å². The van der Waals surface area contributed by atoms with E-state index in [9.17, 15) is 18.0 Å². The third-order valence-corrected chi connectivity index (χ3v) is 2.18. The molecule has 9 heteroatoms. The molecule has 0 aliphatic carbocycles. The summed E-state index contributed by atoms with van der Waals surface area (Å²) in [6.07, 6.45) is -4.49. The summed E-state index contributed by atoms with van der Waals surface area (Å²) in [6.45, 7) is 0. The number of alkyl halides is 3. The van der Waals surface area contributed by atoms with Gasteiger partial charge in [0.1, 0.15) is 0 Å². The van der Waals surface area contributed by atoms with Gasteiger partial charge in [0.05, 0.1) is 5.56 Å². The molecule has 3 N–H and O–H groups in total. The standard InChI is InChI=1S/C10H7F3N4O2/c11-10(12,13)5-2-1-3-6(4-5)15-9(18)7-8(14)17-19-16-7/h1-4H,(H2,14,17)(H,15,18). The fraction of sp³-hybridized carbons (Fsp3) is 0.100. The number of anilines is 2. The molecule has 0 saturated heterocycles. The highest BCUT2D eigenvalue weighted by atomic mass is 19.4. The van der Waals surface area contributed by atoms with Crippen LogP contribution >= 0.6 is 0 Å². The predicted octanol–water partition coefficient (Wildman–Crippen LogP) is 1.92. The largest absolute Gasteiger partial charge is 0.416 e. The lowest BCUT2D eigenvalue weighted by atomic mass is 10.2. The maximum absolute atomic E-state index is 12.5. The quantitative estimate of drug-likeness (QED) is 0.871. The summed E-state index contributed by atoms with van der Waals surface area (Å²) in [5.41, 5.74) is 4.07. The van der Waals surface area contributed by atoms with E-state index in [1.165, 1.54) is 12.1 Å². The Morgan fingerprint density at radius 3 is 2.63 bits per heavy atom. The molecule has 1 aromatic heterocycles. The van der Waals surface area contributed by atoms with Gasteiger partial charge in [0.15, 0.2) is 0 Å². The predicted molar refractivity (Wildman–Crippen MR) is 58.1 cm³/mol. The summed E-state index contributed by atoms with van der Waals surface area (Å²) in [4.78, 5) is 11.6. The number of rotatable bonds is 2. The lowest BCUT2D eigenvalue weighted by molar-refractivity contribution is -0.137. The van der Waals surface area contributed by atoms with Gasteiger partial charge in [-0.15, -0.1) is 0 Å². The van der Waals surface area contributed by atoms with Crippen molar-refractivity contribution in [2.45, 2.75) is 6.18 Å². The molecule has 1 amide bonds. The highest BCUT2D eigenvalue weighted by molar-refractivity contribution is 6.05. The molecular weight excluding hydrogens is 265 g/mol. The van der Waals surface area contributed by atoms with E-state index < -0.39 is 17.6 Å². The van der Waals surface area contributed by atoms with Crippen LogP contribution in [0.4, 0.5) is 24.7 Å². The maximum Gasteiger partial charge on any atom is 0.416 e. The number of aromatic nitrogens is 2. The molecule has 0 radical (unpaired) electrons. The SMILES string of the molecule is Nc1nonc1C(=O)Nc1cccc(C(F)(F)F)c1. The first kappa shape index (κ1) is 12.9. The fourth-order valence-corrected chi connectivity index (χ4v) is 1.32. The van der Waals surface area contributed by atoms with Crippen LogP contribution < -0.4 is 11.1 Å². The zero-order chi connectivity index (χ0) is 14.0. The molecule has 0 aliphatic rings. The number of benzene rings is 1. The molecule has 0 fully saturated rings. The number of hydrogen-bond acceptors (Lipinski definition) is 5. The molecule has 0 atom stereocenters. The normalized spacial score (nSPS) is 11.3. The molecule has 2 rings (SSSR count). The number of halogens is 3. The average Bonchev–Trinajstić information content (AvgIpc) is 2.75. The molecular formula is C10H7F3N4O2. The van der Waals surface area contributed by atoms with E-state index in [2.05, 4.69) is 20.3 Å². The summed E-state index contributed by atoms with van der Waals surface area (Å²) in [6, 6.07) is 4.16. The Bertz CT molecular complexity index is 609. The molecule has 100 valence electrons. The van der Waals surface area contributed by atoms with Crippen molar-refractivity contribution < 1.29 is 22.6 Å². The van der Waals surface area contributed by atoms with E-state index in [0.29, 0.717) is 0 Å². The number of nitrogens with one attached hydrogen (secondary N) is 1. The molecule has 2 aromatic rings. The highest BCUT2D eigenvalue weighted by Gasteiger charge is 2.30. The van der Waals surface area contributed by atoms with Gasteiger partial charge in [-0.3, -0.25) is 4.79 Å². The van der Waals surface area contributed by atoms with Crippen LogP contribution in [0.3, 0.4) is 0 Å². The lowest BCUT2D eigenvalue weighted by Crippen LogP contribution is -2.15. The summed E-state index contributed by atoms with van der Waals surface area (Å²) >= 11 is 0. The highest BCUT2D eigenvalue weighted by Crippen LogP contribution is 2.30. The minimum Gasteiger partial charge on any atom is -0.379 e. The third-order valence-electron chi connectivity index (χ3n) is 2.18. The second-order valence-electron chi connectivity index (χ2n) is 3.53. The van der Waals surface area contributed by atoms with Crippen LogP contribution in [-0.4, -0.2) is 16.2 Å². The van der Waals surface area contributed by atoms with E-state index in [-0.39, 0.29) is 17.2 Å². The van der Waals surface area contributed by atoms with Crippen LogP contribution in [0.15, 0.2) is 28.9 Å². The van der Waals surface area contributed by atoms with Gasteiger partial charge in [0.2, 0.25) is 11.5 Å². The Morgan fingerprint density at radius 1 is 1.32 bits per heavy atom. The number of carbonyl (C=O) groups excluding carboxylic acids is 1. The second-order valence-corrected chi connectivity index (χ2v) is 3.53. The maximum atomic E-state index is 12.5. The van der Waals surface area contributed by atoms with Crippen molar-refractivity contribution in [3.8, 4) is 0 Å². The van der Waals surface area contributed by atoms with Crippen molar-refractivity contribution in [1.82, 2.24) is 10.3 Å². The molecule has 6 nitrogen and oxygen atoms in total. The van der Waals surface area contributed by atoms with Gasteiger partial charge in [0, 0.05) is 5.69 Å². The first-order valence-electron chi connectivity index (χ1n) is 4.94. The molecule has 0 unspecified atom stereocenters. The van der Waals surface area contributed by atoms with Crippen molar-refractivity contribution in [2.24, 2.45) is 0 Å². The van der Waals surface area contributed by atoms with Crippen molar-refractivity contribution in [3.05, 3.63) is 35.5 Å². The minimum absolute atomic E-state index is 0.0396. The summed E-state index contributed by atoms with van der Waals surface area (Å²) in [5, 5.41) is 8.64. The van der Waals surface area contributed by atoms with Crippen LogP contribution in [-0.2, 0) is 6.18 Å². The zero-order valence-electron chi connectivity index (χ0n) is 9.23. The van der Waals surface area contributed by atoms with Gasteiger partial charge >= 0.3 is 6.18 Å². The van der Waals surface area contributed by atoms with Gasteiger partial charge in [0.25, 0.3) is 5.91 Å². The molecule has 1 heterocycles. The van der Waals surface area contributed by atoms with E-state index in [4.69, 9.17) is 5.73 Å². The molecule has 1 aromatic carbocycles. The van der Waals surface area contributed by atoms with Crippen LogP contribution in [0, 0.1) is 0 Å². The van der Waals surface area contributed by atoms with Gasteiger partial charge < -0.3 is 11.1 Å². The van der Waals surface area contributed by atoms with Gasteiger partial charge in [-0.05, 0) is 28.5 Å². The third kappa shape index (κ3) is 2.81. The number of nitrogens with zero attached hydrogens (tertiary/aromatic N) is 2. The van der Waals surface area contributed by atoms with Crippen LogP contribution in [0.25, 0.3) is 0 Å². The molecule has 0 saturated carbocycles. The Morgan fingerprint density at radius 2 is 2.05 bits per heavy atom. The fourth-order valence-electron chi connectivity index (χ4n) is 1.32. The molecule has 0 aliphatic heterocycles. The lowest BCUT2D eigenvalue weighted by Gasteiger charge is -2.09. The smallest absolute Gasteiger partial charge is 0.379 e. The van der Waals surface area contributed by atoms with Gasteiger partial charge in [-0.2, -0.15) is 13.2 Å². The summed E-state index contributed by atoms with van der Waals surface area (Å²) in [5.74, 6) is -1.05. The van der Waals surface area contributed by atoms with Crippen LogP contribution in [0.1, 0.15) is 16.1 Å². The Kier molecular flexibility index (Phi) is 3.11. The van der Waals surface area contributed by atoms with Crippen molar-refractivity contribution in [1.29, 1.82) is 0 Å². The number of amides is 1. The number of nitrogens with two attached hydrogens (primary N) is 1. The molecule has 19 heavy (non-hydrogen) atoms. The van der Waals surface area contributed by atoms with Gasteiger partial charge in [-0.25, -0.2) is 4.63 Å². The van der Waals surface area contributed by atoms with E-state index >= 15 is 0 Å². The average molecular weight is 272 g/mol. The van der Waals surface area contributed by atoms with Crippen molar-refractivity contribution >= 4 is 17.4 Å². The first-order chi connectivity index (χ1) is 8.88. The Balaban J connectivity index is 2.21. The molecule has 0 bridgehead atoms. The van der Waals surface area contributed by atoms with E-state index in [1.807, 2.05) is 0 Å². The monoisotopic (exact) mass is 272 g/mol. The van der Waals surface area contributed by atoms with Crippen LogP contribution in [0.5, 0.6) is 0 Å². The van der Waals surface area contributed by atoms with E-state index in [1.54, 1.807) is 0 Å². The Hall–Kier alpha value is -2.58. The van der Waals surface area contributed by atoms with E-state index in [0.717, 1.165) is 12.1 Å². The van der Waals surface area contributed by atoms with Gasteiger partial charge in [-0.1, -0.05) is 6.07 Å². The topological polar surface area (TPSA) is 94.0 Å². The minimum atomic E-state index is -4.49. The Labute approximate surface area is 104 Å². The number of hydrogen-bond donors (Lipinski definition) is 2. The summed E-state index contributed by atoms with van der Waals surface area (Å²) in [7, 11) is 0. The zero-order valence-corrected chi connectivity index (χ0v) is 9.23. The van der Waals surface area contributed by atoms with Crippen molar-refractivity contribution in [3.63, 3.8) is 0 Å². The number of nitrogen functional groups attached to an aromatic ring is 1. The first-order valence-corrected chi connectivity index (χ1v) is 4.94. The summed E-state index contributed by atoms with van der Waals surface area (Å²) < 4.78 is 41.6. The molecule has 0 spiro atoms. The van der Waals surface area contributed by atoms with Crippen LogP contribution in [0.2, 0.25) is 0 Å².